The molecule has 1 atom stereocenters. The van der Waals surface area contributed by atoms with E-state index in [2.05, 4.69) is 9.68 Å². The SMILES string of the molecule is COc1oncc1C(C)C(=O)O. The highest BCUT2D eigenvalue weighted by atomic mass is 16.6. The number of carbonyl (C=O) groups is 1. The van der Waals surface area contributed by atoms with Crippen LogP contribution in [0.3, 0.4) is 0 Å². The summed E-state index contributed by atoms with van der Waals surface area (Å²) in [6, 6.07) is 0. The van der Waals surface area contributed by atoms with E-state index in [1.54, 1.807) is 0 Å². The monoisotopic (exact) mass is 171 g/mol. The third-order valence-corrected chi connectivity index (χ3v) is 1.59. The van der Waals surface area contributed by atoms with Gasteiger partial charge in [0.05, 0.1) is 24.8 Å². The summed E-state index contributed by atoms with van der Waals surface area (Å²) in [6.45, 7) is 1.54. The number of aliphatic carboxylic acids is 1. The predicted octanol–water partition coefficient (Wildman–Crippen LogP) is 0.871. The predicted molar refractivity (Wildman–Crippen MR) is 39.1 cm³/mol. The summed E-state index contributed by atoms with van der Waals surface area (Å²) in [5, 5.41) is 12.1. The molecule has 5 heteroatoms. The Hall–Kier alpha value is -1.52. The van der Waals surface area contributed by atoms with Crippen molar-refractivity contribution in [2.45, 2.75) is 12.8 Å². The summed E-state index contributed by atoms with van der Waals surface area (Å²) < 4.78 is 9.41. The van der Waals surface area contributed by atoms with Crippen molar-refractivity contribution >= 4 is 5.97 Å². The van der Waals surface area contributed by atoms with Crippen LogP contribution in [-0.2, 0) is 4.79 Å². The summed E-state index contributed by atoms with van der Waals surface area (Å²) >= 11 is 0. The molecule has 1 heterocycles. The van der Waals surface area contributed by atoms with Crippen LogP contribution in [-0.4, -0.2) is 23.3 Å². The molecule has 0 saturated carbocycles. The summed E-state index contributed by atoms with van der Waals surface area (Å²) in [5.41, 5.74) is 0.449. The largest absolute Gasteiger partial charge is 0.481 e. The number of methoxy groups -OCH3 is 1. The van der Waals surface area contributed by atoms with Crippen molar-refractivity contribution in [1.82, 2.24) is 5.16 Å². The summed E-state index contributed by atoms with van der Waals surface area (Å²) in [4.78, 5) is 10.5. The lowest BCUT2D eigenvalue weighted by Gasteiger charge is -2.02. The van der Waals surface area contributed by atoms with Crippen molar-refractivity contribution in [3.8, 4) is 5.95 Å². The van der Waals surface area contributed by atoms with E-state index in [4.69, 9.17) is 9.84 Å². The van der Waals surface area contributed by atoms with Gasteiger partial charge in [-0.2, -0.15) is 0 Å². The lowest BCUT2D eigenvalue weighted by molar-refractivity contribution is -0.138. The molecule has 1 aromatic heterocycles. The van der Waals surface area contributed by atoms with Crippen LogP contribution in [0.1, 0.15) is 18.4 Å². The first-order chi connectivity index (χ1) is 5.66. The normalized spacial score (nSPS) is 12.5. The van der Waals surface area contributed by atoms with Gasteiger partial charge in [-0.3, -0.25) is 4.79 Å². The first kappa shape index (κ1) is 8.58. The van der Waals surface area contributed by atoms with Crippen molar-refractivity contribution in [1.29, 1.82) is 0 Å². The van der Waals surface area contributed by atoms with Crippen molar-refractivity contribution in [2.75, 3.05) is 7.11 Å². The van der Waals surface area contributed by atoms with Crippen LogP contribution in [0, 0.1) is 0 Å². The molecule has 0 radical (unpaired) electrons. The van der Waals surface area contributed by atoms with Gasteiger partial charge in [0, 0.05) is 0 Å². The Bertz CT molecular complexity index is 281. The highest BCUT2D eigenvalue weighted by Crippen LogP contribution is 2.25. The maximum absolute atomic E-state index is 10.5. The third kappa shape index (κ3) is 1.39. The molecular formula is C7H9NO4. The molecule has 0 bridgehead atoms. The Morgan fingerprint density at radius 2 is 2.50 bits per heavy atom. The number of aromatic nitrogens is 1. The van der Waals surface area contributed by atoms with E-state index in [9.17, 15) is 4.79 Å². The average Bonchev–Trinajstić information content (AvgIpc) is 2.49. The molecule has 66 valence electrons. The maximum atomic E-state index is 10.5. The highest BCUT2D eigenvalue weighted by Gasteiger charge is 2.21. The molecule has 0 saturated heterocycles. The minimum Gasteiger partial charge on any atom is -0.481 e. The van der Waals surface area contributed by atoms with Crippen molar-refractivity contribution in [3.63, 3.8) is 0 Å². The lowest BCUT2D eigenvalue weighted by Crippen LogP contribution is -2.07. The topological polar surface area (TPSA) is 72.6 Å². The Morgan fingerprint density at radius 3 is 3.00 bits per heavy atom. The minimum absolute atomic E-state index is 0.157. The van der Waals surface area contributed by atoms with Gasteiger partial charge in [-0.1, -0.05) is 5.16 Å². The fraction of sp³-hybridized carbons (Fsp3) is 0.429. The van der Waals surface area contributed by atoms with Gasteiger partial charge in [-0.05, 0) is 6.92 Å². The number of hydrogen-bond donors (Lipinski definition) is 1. The Balaban J connectivity index is 2.93. The van der Waals surface area contributed by atoms with E-state index < -0.39 is 11.9 Å². The van der Waals surface area contributed by atoms with Gasteiger partial charge >= 0.3 is 11.9 Å². The number of carboxylic acid groups (broad SMARTS) is 1. The number of carboxylic acids is 1. The zero-order valence-electron chi connectivity index (χ0n) is 6.77. The molecular weight excluding hydrogens is 162 g/mol. The zero-order valence-corrected chi connectivity index (χ0v) is 6.77. The van der Waals surface area contributed by atoms with Crippen LogP contribution in [0.25, 0.3) is 0 Å². The second-order valence-corrected chi connectivity index (χ2v) is 2.33. The molecule has 0 aliphatic carbocycles. The molecule has 0 aliphatic heterocycles. The van der Waals surface area contributed by atoms with Gasteiger partial charge in [-0.25, -0.2) is 0 Å². The van der Waals surface area contributed by atoms with Gasteiger partial charge in [-0.15, -0.1) is 0 Å². The van der Waals surface area contributed by atoms with Gasteiger partial charge in [0.1, 0.15) is 0 Å². The second-order valence-electron chi connectivity index (χ2n) is 2.33. The fourth-order valence-corrected chi connectivity index (χ4v) is 0.813. The van der Waals surface area contributed by atoms with E-state index in [0.717, 1.165) is 0 Å². The van der Waals surface area contributed by atoms with Gasteiger partial charge in [0.25, 0.3) is 0 Å². The Morgan fingerprint density at radius 1 is 1.83 bits per heavy atom. The minimum atomic E-state index is -0.934. The van der Waals surface area contributed by atoms with Crippen LogP contribution in [0.4, 0.5) is 0 Å². The molecule has 1 unspecified atom stereocenters. The number of hydrogen-bond acceptors (Lipinski definition) is 4. The first-order valence-corrected chi connectivity index (χ1v) is 3.38. The van der Waals surface area contributed by atoms with E-state index in [-0.39, 0.29) is 5.95 Å². The standard InChI is InChI=1S/C7H9NO4/c1-4(6(9)10)5-3-8-12-7(5)11-2/h3-4H,1-2H3,(H,9,10). The zero-order chi connectivity index (χ0) is 9.14. The van der Waals surface area contributed by atoms with E-state index in [1.165, 1.54) is 20.2 Å². The van der Waals surface area contributed by atoms with Crippen LogP contribution in [0.15, 0.2) is 10.7 Å². The first-order valence-electron chi connectivity index (χ1n) is 3.38. The van der Waals surface area contributed by atoms with Crippen LogP contribution < -0.4 is 4.74 Å². The number of nitrogens with zero attached hydrogens (tertiary/aromatic N) is 1. The van der Waals surface area contributed by atoms with Gasteiger partial charge in [0.2, 0.25) is 0 Å². The molecule has 12 heavy (non-hydrogen) atoms. The second kappa shape index (κ2) is 3.25. The van der Waals surface area contributed by atoms with Crippen LogP contribution in [0.2, 0.25) is 0 Å². The van der Waals surface area contributed by atoms with E-state index >= 15 is 0 Å². The third-order valence-electron chi connectivity index (χ3n) is 1.59. The van der Waals surface area contributed by atoms with Crippen molar-refractivity contribution in [3.05, 3.63) is 11.8 Å². The molecule has 1 aromatic rings. The molecule has 0 fully saturated rings. The van der Waals surface area contributed by atoms with Crippen LogP contribution >= 0.6 is 0 Å². The quantitative estimate of drug-likeness (QED) is 0.730. The van der Waals surface area contributed by atoms with Gasteiger partial charge < -0.3 is 14.4 Å². The summed E-state index contributed by atoms with van der Waals surface area (Å²) in [7, 11) is 1.40. The molecule has 0 aliphatic rings. The molecule has 5 nitrogen and oxygen atoms in total. The molecule has 0 amide bonds. The summed E-state index contributed by atoms with van der Waals surface area (Å²) in [5.74, 6) is -1.44. The van der Waals surface area contributed by atoms with E-state index in [0.29, 0.717) is 5.56 Å². The fourth-order valence-electron chi connectivity index (χ4n) is 0.813. The number of rotatable bonds is 3. The van der Waals surface area contributed by atoms with Gasteiger partial charge in [0.15, 0.2) is 0 Å². The van der Waals surface area contributed by atoms with Crippen molar-refractivity contribution < 1.29 is 19.2 Å². The lowest BCUT2D eigenvalue weighted by atomic mass is 10.1. The molecule has 1 rings (SSSR count). The molecule has 1 N–H and O–H groups in total. The molecule has 0 spiro atoms. The number of ether oxygens (including phenoxy) is 1. The van der Waals surface area contributed by atoms with Crippen molar-refractivity contribution in [2.24, 2.45) is 0 Å². The van der Waals surface area contributed by atoms with Crippen LogP contribution in [0.5, 0.6) is 5.95 Å². The summed E-state index contributed by atoms with van der Waals surface area (Å²) in [6.07, 6.45) is 1.34. The Labute approximate surface area is 68.9 Å². The smallest absolute Gasteiger partial charge is 0.314 e. The van der Waals surface area contributed by atoms with E-state index in [1.807, 2.05) is 0 Å². The Kier molecular flexibility index (Phi) is 2.32. The average molecular weight is 171 g/mol. The molecule has 0 aromatic carbocycles. The highest BCUT2D eigenvalue weighted by molar-refractivity contribution is 5.76. The maximum Gasteiger partial charge on any atom is 0.314 e.